The van der Waals surface area contributed by atoms with Gasteiger partial charge in [0.2, 0.25) is 5.91 Å². The van der Waals surface area contributed by atoms with Crippen molar-refractivity contribution in [2.45, 2.75) is 25.8 Å². The third-order valence-corrected chi connectivity index (χ3v) is 4.24. The van der Waals surface area contributed by atoms with Crippen LogP contribution in [0.4, 0.5) is 4.39 Å². The predicted molar refractivity (Wildman–Crippen MR) is 95.8 cm³/mol. The van der Waals surface area contributed by atoms with Crippen LogP contribution in [0.3, 0.4) is 0 Å². The van der Waals surface area contributed by atoms with E-state index in [0.717, 1.165) is 16.5 Å². The van der Waals surface area contributed by atoms with E-state index < -0.39 is 0 Å². The van der Waals surface area contributed by atoms with Crippen LogP contribution in [0.25, 0.3) is 10.9 Å². The van der Waals surface area contributed by atoms with E-state index in [4.69, 9.17) is 0 Å². The van der Waals surface area contributed by atoms with Gasteiger partial charge in [0.25, 0.3) is 5.56 Å². The summed E-state index contributed by atoms with van der Waals surface area (Å²) in [5.74, 6) is -0.476. The highest BCUT2D eigenvalue weighted by molar-refractivity contribution is 5.79. The fourth-order valence-corrected chi connectivity index (χ4v) is 2.78. The van der Waals surface area contributed by atoms with Crippen LogP contribution in [-0.2, 0) is 11.3 Å². The van der Waals surface area contributed by atoms with Gasteiger partial charge in [-0.25, -0.2) is 4.39 Å². The molecule has 25 heavy (non-hydrogen) atoms. The smallest absolute Gasteiger partial charge is 0.253 e. The maximum atomic E-state index is 13.0. The summed E-state index contributed by atoms with van der Waals surface area (Å²) in [5.41, 5.74) is 1.99. The van der Waals surface area contributed by atoms with Crippen LogP contribution in [-0.4, -0.2) is 10.9 Å². The second kappa shape index (κ2) is 7.30. The topological polar surface area (TPSA) is 62.0 Å². The Kier molecular flexibility index (Phi) is 4.93. The van der Waals surface area contributed by atoms with Gasteiger partial charge in [-0.2, -0.15) is 0 Å². The summed E-state index contributed by atoms with van der Waals surface area (Å²) in [6.45, 7) is 2.09. The van der Waals surface area contributed by atoms with Crippen molar-refractivity contribution in [3.63, 3.8) is 0 Å². The van der Waals surface area contributed by atoms with Crippen LogP contribution >= 0.6 is 0 Å². The zero-order valence-corrected chi connectivity index (χ0v) is 13.9. The van der Waals surface area contributed by atoms with Gasteiger partial charge in [-0.15, -0.1) is 0 Å². The fraction of sp³-hybridized carbons (Fsp3) is 0.200. The zero-order valence-electron chi connectivity index (χ0n) is 13.9. The second-order valence-electron chi connectivity index (χ2n) is 6.14. The largest absolute Gasteiger partial charge is 0.352 e. The first-order valence-corrected chi connectivity index (χ1v) is 8.16. The molecule has 0 aliphatic carbocycles. The van der Waals surface area contributed by atoms with Crippen LogP contribution in [0.2, 0.25) is 0 Å². The van der Waals surface area contributed by atoms with Gasteiger partial charge < -0.3 is 10.3 Å². The monoisotopic (exact) mass is 338 g/mol. The van der Waals surface area contributed by atoms with Gasteiger partial charge in [0.05, 0.1) is 0 Å². The lowest BCUT2D eigenvalue weighted by molar-refractivity contribution is -0.121. The Bertz CT molecular complexity index is 948. The minimum atomic E-state index is -0.295. The summed E-state index contributed by atoms with van der Waals surface area (Å²) >= 11 is 0. The molecular formula is C20H19FN2O2. The molecule has 0 saturated heterocycles. The highest BCUT2D eigenvalue weighted by Gasteiger charge is 2.12. The van der Waals surface area contributed by atoms with E-state index in [0.29, 0.717) is 5.56 Å². The SMILES string of the molecule is CC(CC(=O)NCc1cc2ccccc2[nH]c1=O)c1ccc(F)cc1. The molecule has 0 spiro atoms. The van der Waals surface area contributed by atoms with Crippen molar-refractivity contribution in [1.82, 2.24) is 10.3 Å². The maximum Gasteiger partial charge on any atom is 0.253 e. The number of nitrogens with one attached hydrogen (secondary N) is 2. The van der Waals surface area contributed by atoms with Crippen LogP contribution in [0.1, 0.15) is 30.4 Å². The number of halogens is 1. The first-order valence-electron chi connectivity index (χ1n) is 8.16. The van der Waals surface area contributed by atoms with Gasteiger partial charge >= 0.3 is 0 Å². The molecule has 0 bridgehead atoms. The van der Waals surface area contributed by atoms with Gasteiger partial charge in [-0.3, -0.25) is 9.59 Å². The lowest BCUT2D eigenvalue weighted by atomic mass is 9.97. The first-order chi connectivity index (χ1) is 12.0. The molecule has 5 heteroatoms. The number of aromatic amines is 1. The average Bonchev–Trinajstić information content (AvgIpc) is 2.60. The molecule has 1 atom stereocenters. The van der Waals surface area contributed by atoms with Crippen LogP contribution in [0.15, 0.2) is 59.4 Å². The summed E-state index contributed by atoms with van der Waals surface area (Å²) in [7, 11) is 0. The van der Waals surface area contributed by atoms with Crippen molar-refractivity contribution in [2.24, 2.45) is 0 Å². The number of carbonyl (C=O) groups excluding carboxylic acids is 1. The molecule has 1 amide bonds. The van der Waals surface area contributed by atoms with Gasteiger partial charge in [-0.1, -0.05) is 37.3 Å². The van der Waals surface area contributed by atoms with E-state index in [1.165, 1.54) is 12.1 Å². The van der Waals surface area contributed by atoms with Gasteiger partial charge in [0, 0.05) is 24.0 Å². The standard InChI is InChI=1S/C20H19FN2O2/c1-13(14-6-8-17(21)9-7-14)10-19(24)22-12-16-11-15-4-2-3-5-18(15)23-20(16)25/h2-9,11,13H,10,12H2,1H3,(H,22,24)(H,23,25). The lowest BCUT2D eigenvalue weighted by Crippen LogP contribution is -2.27. The number of amides is 1. The fourth-order valence-electron chi connectivity index (χ4n) is 2.78. The molecule has 4 nitrogen and oxygen atoms in total. The highest BCUT2D eigenvalue weighted by atomic mass is 19.1. The zero-order chi connectivity index (χ0) is 17.8. The summed E-state index contributed by atoms with van der Waals surface area (Å²) in [6, 6.07) is 15.4. The highest BCUT2D eigenvalue weighted by Crippen LogP contribution is 2.19. The average molecular weight is 338 g/mol. The summed E-state index contributed by atoms with van der Waals surface area (Å²) in [5, 5.41) is 3.71. The number of benzene rings is 2. The Morgan fingerprint density at radius 1 is 1.16 bits per heavy atom. The molecule has 128 valence electrons. The molecule has 1 heterocycles. The van der Waals surface area contributed by atoms with Crippen LogP contribution in [0.5, 0.6) is 0 Å². The van der Waals surface area contributed by atoms with Crippen molar-refractivity contribution < 1.29 is 9.18 Å². The Labute approximate surface area is 144 Å². The van der Waals surface area contributed by atoms with Crippen LogP contribution < -0.4 is 10.9 Å². The van der Waals surface area contributed by atoms with Gasteiger partial charge in [0.1, 0.15) is 5.82 Å². The number of H-pyrrole nitrogens is 1. The van der Waals surface area contributed by atoms with E-state index in [9.17, 15) is 14.0 Å². The Morgan fingerprint density at radius 2 is 1.88 bits per heavy atom. The Balaban J connectivity index is 1.63. The van der Waals surface area contributed by atoms with Crippen molar-refractivity contribution >= 4 is 16.8 Å². The van der Waals surface area contributed by atoms with Gasteiger partial charge in [0.15, 0.2) is 0 Å². The third kappa shape index (κ3) is 4.12. The minimum Gasteiger partial charge on any atom is -0.352 e. The molecule has 2 N–H and O–H groups in total. The molecular weight excluding hydrogens is 319 g/mol. The summed E-state index contributed by atoms with van der Waals surface area (Å²) < 4.78 is 13.0. The molecule has 3 rings (SSSR count). The van der Waals surface area contributed by atoms with E-state index in [-0.39, 0.29) is 36.2 Å². The van der Waals surface area contributed by atoms with E-state index in [1.54, 1.807) is 18.2 Å². The second-order valence-corrected chi connectivity index (χ2v) is 6.14. The Morgan fingerprint density at radius 3 is 2.64 bits per heavy atom. The number of hydrogen-bond donors (Lipinski definition) is 2. The molecule has 0 fully saturated rings. The van der Waals surface area contributed by atoms with E-state index in [2.05, 4.69) is 10.3 Å². The molecule has 0 aliphatic rings. The molecule has 0 saturated carbocycles. The number of pyridine rings is 1. The number of hydrogen-bond acceptors (Lipinski definition) is 2. The molecule has 2 aromatic carbocycles. The summed E-state index contributed by atoms with van der Waals surface area (Å²) in [4.78, 5) is 27.0. The van der Waals surface area contributed by atoms with Crippen molar-refractivity contribution in [1.29, 1.82) is 0 Å². The summed E-state index contributed by atoms with van der Waals surface area (Å²) in [6.07, 6.45) is 0.275. The number of aromatic nitrogens is 1. The molecule has 0 aliphatic heterocycles. The van der Waals surface area contributed by atoms with Crippen LogP contribution in [0, 0.1) is 5.82 Å². The van der Waals surface area contributed by atoms with Gasteiger partial charge in [-0.05, 0) is 41.1 Å². The number of para-hydroxylation sites is 1. The van der Waals surface area contributed by atoms with E-state index in [1.807, 2.05) is 31.2 Å². The molecule has 3 aromatic rings. The van der Waals surface area contributed by atoms with Crippen molar-refractivity contribution in [2.75, 3.05) is 0 Å². The minimum absolute atomic E-state index is 0.0320. The molecule has 0 radical (unpaired) electrons. The lowest BCUT2D eigenvalue weighted by Gasteiger charge is -2.12. The molecule has 1 unspecified atom stereocenters. The third-order valence-electron chi connectivity index (χ3n) is 4.24. The van der Waals surface area contributed by atoms with Crippen molar-refractivity contribution in [3.8, 4) is 0 Å². The number of rotatable bonds is 5. The number of carbonyl (C=O) groups is 1. The molecule has 1 aromatic heterocycles. The maximum absolute atomic E-state index is 13.0. The van der Waals surface area contributed by atoms with E-state index >= 15 is 0 Å². The first kappa shape index (κ1) is 16.9. The normalized spacial score (nSPS) is 12.1. The number of fused-ring (bicyclic) bond motifs is 1. The Hall–Kier alpha value is -2.95. The quantitative estimate of drug-likeness (QED) is 0.748. The predicted octanol–water partition coefficient (Wildman–Crippen LogP) is 3.48. The van der Waals surface area contributed by atoms with Crippen molar-refractivity contribution in [3.05, 3.63) is 81.9 Å².